The number of hydrogen-bond donors (Lipinski definition) is 1. The summed E-state index contributed by atoms with van der Waals surface area (Å²) in [6.07, 6.45) is 1.08. The second-order valence-corrected chi connectivity index (χ2v) is 4.55. The Morgan fingerprint density at radius 1 is 1.46 bits per heavy atom. The number of aromatic nitrogens is 2. The molecule has 0 radical (unpaired) electrons. The molecule has 1 aromatic rings. The quantitative estimate of drug-likeness (QED) is 0.750. The number of aryl methyl sites for hydroxylation is 1. The lowest BCUT2D eigenvalue weighted by Gasteiger charge is -2.06. The summed E-state index contributed by atoms with van der Waals surface area (Å²) in [5.41, 5.74) is 0. The molecule has 6 nitrogen and oxygen atoms in total. The zero-order valence-corrected chi connectivity index (χ0v) is 8.42. The van der Waals surface area contributed by atoms with E-state index in [4.69, 9.17) is 4.42 Å². The third-order valence-corrected chi connectivity index (χ3v) is 2.08. The topological polar surface area (TPSA) is 85.1 Å². The molecular formula is C6H11N3O3S. The fourth-order valence-electron chi connectivity index (χ4n) is 0.858. The van der Waals surface area contributed by atoms with E-state index in [2.05, 4.69) is 14.9 Å². The van der Waals surface area contributed by atoms with Crippen LogP contribution in [0.1, 0.15) is 24.7 Å². The van der Waals surface area contributed by atoms with E-state index in [9.17, 15) is 8.42 Å². The molecular weight excluding hydrogens is 194 g/mol. The van der Waals surface area contributed by atoms with Crippen LogP contribution in [0, 0.1) is 6.92 Å². The van der Waals surface area contributed by atoms with Crippen molar-refractivity contribution in [1.29, 1.82) is 0 Å². The highest BCUT2D eigenvalue weighted by Gasteiger charge is 2.15. The summed E-state index contributed by atoms with van der Waals surface area (Å²) in [5, 5.41) is 7.27. The van der Waals surface area contributed by atoms with Crippen LogP contribution in [0.2, 0.25) is 0 Å². The maximum atomic E-state index is 10.8. The highest BCUT2D eigenvalue weighted by molar-refractivity contribution is 7.88. The number of hydrogen-bond acceptors (Lipinski definition) is 5. The molecule has 0 spiro atoms. The van der Waals surface area contributed by atoms with Crippen molar-refractivity contribution in [2.45, 2.75) is 19.9 Å². The Labute approximate surface area is 76.4 Å². The molecule has 0 fully saturated rings. The van der Waals surface area contributed by atoms with Gasteiger partial charge in [-0.2, -0.15) is 0 Å². The fraction of sp³-hybridized carbons (Fsp3) is 0.667. The van der Waals surface area contributed by atoms with Crippen molar-refractivity contribution < 1.29 is 12.8 Å². The van der Waals surface area contributed by atoms with Crippen LogP contribution in [0.3, 0.4) is 0 Å². The number of rotatable bonds is 3. The minimum absolute atomic E-state index is 0.267. The molecule has 1 N–H and O–H groups in total. The Morgan fingerprint density at radius 2 is 2.08 bits per heavy atom. The van der Waals surface area contributed by atoms with Crippen molar-refractivity contribution in [2.24, 2.45) is 0 Å². The minimum Gasteiger partial charge on any atom is -0.424 e. The van der Waals surface area contributed by atoms with E-state index in [0.29, 0.717) is 5.89 Å². The summed E-state index contributed by atoms with van der Waals surface area (Å²) in [6, 6.07) is -0.490. The summed E-state index contributed by atoms with van der Waals surface area (Å²) in [5.74, 6) is 0.681. The first-order valence-corrected chi connectivity index (χ1v) is 5.55. The van der Waals surface area contributed by atoms with Crippen molar-refractivity contribution in [3.8, 4) is 0 Å². The average molecular weight is 205 g/mol. The van der Waals surface area contributed by atoms with Crippen molar-refractivity contribution in [2.75, 3.05) is 6.26 Å². The van der Waals surface area contributed by atoms with Crippen LogP contribution in [0.15, 0.2) is 4.42 Å². The molecule has 1 atom stereocenters. The molecule has 0 aliphatic heterocycles. The maximum absolute atomic E-state index is 10.8. The van der Waals surface area contributed by atoms with E-state index in [0.717, 1.165) is 6.26 Å². The molecule has 0 bridgehead atoms. The van der Waals surface area contributed by atoms with E-state index in [1.54, 1.807) is 13.8 Å². The molecule has 1 rings (SSSR count). The summed E-state index contributed by atoms with van der Waals surface area (Å²) in [6.45, 7) is 3.28. The van der Waals surface area contributed by atoms with Crippen LogP contribution in [-0.4, -0.2) is 24.9 Å². The van der Waals surface area contributed by atoms with Crippen LogP contribution in [0.25, 0.3) is 0 Å². The summed E-state index contributed by atoms with van der Waals surface area (Å²) >= 11 is 0. The summed E-state index contributed by atoms with van der Waals surface area (Å²) < 4.78 is 29.0. The summed E-state index contributed by atoms with van der Waals surface area (Å²) in [4.78, 5) is 0. The highest BCUT2D eigenvalue weighted by Crippen LogP contribution is 2.10. The second-order valence-electron chi connectivity index (χ2n) is 2.77. The van der Waals surface area contributed by atoms with Crippen molar-refractivity contribution >= 4 is 10.0 Å². The Morgan fingerprint density at radius 3 is 2.46 bits per heavy atom. The Kier molecular flexibility index (Phi) is 2.67. The molecule has 1 unspecified atom stereocenters. The second kappa shape index (κ2) is 3.43. The van der Waals surface area contributed by atoms with Crippen LogP contribution in [-0.2, 0) is 10.0 Å². The van der Waals surface area contributed by atoms with Gasteiger partial charge in [-0.25, -0.2) is 13.1 Å². The normalized spacial score (nSPS) is 14.4. The van der Waals surface area contributed by atoms with Gasteiger partial charge in [0.2, 0.25) is 21.8 Å². The third kappa shape index (κ3) is 3.11. The van der Waals surface area contributed by atoms with Crippen LogP contribution in [0.4, 0.5) is 0 Å². The van der Waals surface area contributed by atoms with Gasteiger partial charge in [0, 0.05) is 6.92 Å². The van der Waals surface area contributed by atoms with E-state index in [1.807, 2.05) is 0 Å². The molecule has 0 amide bonds. The largest absolute Gasteiger partial charge is 0.424 e. The maximum Gasteiger partial charge on any atom is 0.234 e. The summed E-state index contributed by atoms with van der Waals surface area (Å²) in [7, 11) is -3.24. The smallest absolute Gasteiger partial charge is 0.234 e. The fourth-order valence-corrected chi connectivity index (χ4v) is 1.60. The monoisotopic (exact) mass is 205 g/mol. The van der Waals surface area contributed by atoms with Gasteiger partial charge >= 0.3 is 0 Å². The van der Waals surface area contributed by atoms with Crippen molar-refractivity contribution in [3.63, 3.8) is 0 Å². The molecule has 74 valence electrons. The standard InChI is InChI=1S/C6H11N3O3S/c1-4(9-13(3,10)11)6-8-7-5(2)12-6/h4,9H,1-3H3. The number of sulfonamides is 1. The zero-order chi connectivity index (χ0) is 10.1. The molecule has 0 saturated carbocycles. The van der Waals surface area contributed by atoms with Gasteiger partial charge in [-0.15, -0.1) is 10.2 Å². The van der Waals surface area contributed by atoms with Crippen molar-refractivity contribution in [1.82, 2.24) is 14.9 Å². The van der Waals surface area contributed by atoms with Gasteiger partial charge in [0.05, 0.1) is 12.3 Å². The van der Waals surface area contributed by atoms with Gasteiger partial charge < -0.3 is 4.42 Å². The van der Waals surface area contributed by atoms with Crippen molar-refractivity contribution in [3.05, 3.63) is 11.8 Å². The SMILES string of the molecule is Cc1nnc(C(C)NS(C)(=O)=O)o1. The predicted octanol–water partition coefficient (Wildman–Crippen LogP) is -0.0118. The first-order chi connectivity index (χ1) is 5.88. The van der Waals surface area contributed by atoms with Crippen LogP contribution in [0.5, 0.6) is 0 Å². The molecule has 0 aliphatic rings. The van der Waals surface area contributed by atoms with Crippen LogP contribution < -0.4 is 4.72 Å². The lowest BCUT2D eigenvalue weighted by molar-refractivity contribution is 0.427. The van der Waals surface area contributed by atoms with E-state index in [1.165, 1.54) is 0 Å². The average Bonchev–Trinajstić information content (AvgIpc) is 2.31. The molecule has 1 heterocycles. The third-order valence-electron chi connectivity index (χ3n) is 1.30. The number of nitrogens with one attached hydrogen (secondary N) is 1. The van der Waals surface area contributed by atoms with Crippen LogP contribution >= 0.6 is 0 Å². The van der Waals surface area contributed by atoms with E-state index < -0.39 is 16.1 Å². The molecule has 0 aromatic carbocycles. The zero-order valence-electron chi connectivity index (χ0n) is 7.60. The first kappa shape index (κ1) is 10.1. The predicted molar refractivity (Wildman–Crippen MR) is 45.4 cm³/mol. The van der Waals surface area contributed by atoms with Gasteiger partial charge in [-0.3, -0.25) is 0 Å². The van der Waals surface area contributed by atoms with E-state index in [-0.39, 0.29) is 5.89 Å². The Balaban J connectivity index is 2.75. The molecule has 1 aromatic heterocycles. The van der Waals surface area contributed by atoms with E-state index >= 15 is 0 Å². The lowest BCUT2D eigenvalue weighted by Crippen LogP contribution is -2.25. The van der Waals surface area contributed by atoms with Gasteiger partial charge in [-0.05, 0) is 6.92 Å². The lowest BCUT2D eigenvalue weighted by atomic mass is 10.4. The minimum atomic E-state index is -3.24. The molecule has 0 aliphatic carbocycles. The van der Waals surface area contributed by atoms with Gasteiger partial charge in [0.25, 0.3) is 0 Å². The van der Waals surface area contributed by atoms with Gasteiger partial charge in [0.15, 0.2) is 0 Å². The molecule has 0 saturated heterocycles. The first-order valence-electron chi connectivity index (χ1n) is 3.66. The highest BCUT2D eigenvalue weighted by atomic mass is 32.2. The molecule has 7 heteroatoms. The number of nitrogens with zero attached hydrogens (tertiary/aromatic N) is 2. The molecule has 13 heavy (non-hydrogen) atoms. The van der Waals surface area contributed by atoms with Gasteiger partial charge in [-0.1, -0.05) is 0 Å². The Hall–Kier alpha value is -0.950. The van der Waals surface area contributed by atoms with Gasteiger partial charge in [0.1, 0.15) is 0 Å². The Bertz CT molecular complexity index is 384.